The summed E-state index contributed by atoms with van der Waals surface area (Å²) in [7, 11) is 0. The molecule has 1 N–H and O–H groups in total. The van der Waals surface area contributed by atoms with Crippen LogP contribution < -0.4 is 5.32 Å². The molecule has 0 amide bonds. The van der Waals surface area contributed by atoms with Gasteiger partial charge in [0, 0.05) is 0 Å². The Balaban J connectivity index is 2.19. The Kier molecular flexibility index (Phi) is 3.72. The predicted octanol–water partition coefficient (Wildman–Crippen LogP) is 3.52. The Morgan fingerprint density at radius 3 is 2.33 bits per heavy atom. The van der Waals surface area contributed by atoms with Crippen molar-refractivity contribution in [1.29, 1.82) is 0 Å². The van der Waals surface area contributed by atoms with E-state index in [0.29, 0.717) is 5.76 Å². The molecule has 2 aromatic rings. The highest BCUT2D eigenvalue weighted by atomic mass is 19.4. The summed E-state index contributed by atoms with van der Waals surface area (Å²) in [6.07, 6.45) is -2.81. The van der Waals surface area contributed by atoms with Gasteiger partial charge in [0.25, 0.3) is 0 Å². The third kappa shape index (κ3) is 3.37. The smallest absolute Gasteiger partial charge is 0.401 e. The minimum Gasteiger partial charge on any atom is -0.467 e. The van der Waals surface area contributed by atoms with Gasteiger partial charge in [0.05, 0.1) is 18.8 Å². The Bertz CT molecular complexity index is 465. The fourth-order valence-electron chi connectivity index (χ4n) is 1.70. The van der Waals surface area contributed by atoms with Gasteiger partial charge in [-0.3, -0.25) is 5.32 Å². The van der Waals surface area contributed by atoms with Crippen molar-refractivity contribution in [3.8, 4) is 0 Å². The van der Waals surface area contributed by atoms with E-state index in [4.69, 9.17) is 4.42 Å². The van der Waals surface area contributed by atoms with Gasteiger partial charge in [-0.2, -0.15) is 13.2 Å². The van der Waals surface area contributed by atoms with Crippen LogP contribution in [0.4, 0.5) is 13.2 Å². The van der Waals surface area contributed by atoms with Gasteiger partial charge in [-0.05, 0) is 17.7 Å². The minimum absolute atomic E-state index is 0.463. The third-order valence-electron chi connectivity index (χ3n) is 2.47. The van der Waals surface area contributed by atoms with Crippen molar-refractivity contribution in [2.45, 2.75) is 12.2 Å². The van der Waals surface area contributed by atoms with Crippen LogP contribution in [0, 0.1) is 0 Å². The molecule has 0 aliphatic heterocycles. The van der Waals surface area contributed by atoms with E-state index in [1.165, 1.54) is 6.26 Å². The summed E-state index contributed by atoms with van der Waals surface area (Å²) in [6.45, 7) is -1.06. The van der Waals surface area contributed by atoms with Gasteiger partial charge < -0.3 is 4.42 Å². The molecule has 0 spiro atoms. The lowest BCUT2D eigenvalue weighted by molar-refractivity contribution is -0.125. The SMILES string of the molecule is FC(F)(F)CNC(c1ccccc1)c1ccco1. The van der Waals surface area contributed by atoms with Crippen molar-refractivity contribution in [3.05, 3.63) is 60.1 Å². The topological polar surface area (TPSA) is 25.2 Å². The molecule has 1 aromatic carbocycles. The quantitative estimate of drug-likeness (QED) is 0.904. The second-order valence-corrected chi connectivity index (χ2v) is 3.86. The zero-order valence-corrected chi connectivity index (χ0v) is 9.45. The van der Waals surface area contributed by atoms with Gasteiger partial charge >= 0.3 is 6.18 Å². The number of hydrogen-bond acceptors (Lipinski definition) is 2. The molecular weight excluding hydrogens is 243 g/mol. The molecule has 0 aliphatic rings. The maximum atomic E-state index is 12.3. The molecule has 0 saturated carbocycles. The lowest BCUT2D eigenvalue weighted by Gasteiger charge is -2.18. The summed E-state index contributed by atoms with van der Waals surface area (Å²) in [5.41, 5.74) is 0.733. The lowest BCUT2D eigenvalue weighted by atomic mass is 10.0. The molecule has 18 heavy (non-hydrogen) atoms. The molecular formula is C13H12F3NO. The van der Waals surface area contributed by atoms with Crippen molar-refractivity contribution in [2.75, 3.05) is 6.54 Å². The Morgan fingerprint density at radius 2 is 1.78 bits per heavy atom. The van der Waals surface area contributed by atoms with Crippen LogP contribution >= 0.6 is 0 Å². The van der Waals surface area contributed by atoms with E-state index in [1.807, 2.05) is 6.07 Å². The number of nitrogens with one attached hydrogen (secondary N) is 1. The lowest BCUT2D eigenvalue weighted by Crippen LogP contribution is -2.32. The number of benzene rings is 1. The maximum absolute atomic E-state index is 12.3. The fourth-order valence-corrected chi connectivity index (χ4v) is 1.70. The van der Waals surface area contributed by atoms with Gasteiger partial charge in [0.15, 0.2) is 0 Å². The summed E-state index contributed by atoms with van der Waals surface area (Å²) >= 11 is 0. The number of furan rings is 1. The molecule has 1 unspecified atom stereocenters. The Morgan fingerprint density at radius 1 is 1.06 bits per heavy atom. The summed E-state index contributed by atoms with van der Waals surface area (Å²) in [5, 5.41) is 2.46. The monoisotopic (exact) mass is 255 g/mol. The van der Waals surface area contributed by atoms with Gasteiger partial charge in [-0.1, -0.05) is 30.3 Å². The first-order valence-electron chi connectivity index (χ1n) is 5.45. The first kappa shape index (κ1) is 12.7. The molecule has 0 bridgehead atoms. The average Bonchev–Trinajstić information content (AvgIpc) is 2.83. The molecule has 0 radical (unpaired) electrons. The van der Waals surface area contributed by atoms with Crippen LogP contribution in [0.3, 0.4) is 0 Å². The normalized spacial score (nSPS) is 13.5. The van der Waals surface area contributed by atoms with Gasteiger partial charge in [-0.25, -0.2) is 0 Å². The summed E-state index contributed by atoms with van der Waals surface area (Å²) < 4.78 is 42.0. The molecule has 5 heteroatoms. The molecule has 1 heterocycles. The standard InChI is InChI=1S/C13H12F3NO/c14-13(15,16)9-17-12(11-7-4-8-18-11)10-5-2-1-3-6-10/h1-8,12,17H,9H2. The van der Waals surface area contributed by atoms with Gasteiger partial charge in [-0.15, -0.1) is 0 Å². The largest absolute Gasteiger partial charge is 0.467 e. The molecule has 0 saturated heterocycles. The van der Waals surface area contributed by atoms with E-state index in [0.717, 1.165) is 5.56 Å². The molecule has 2 nitrogen and oxygen atoms in total. The highest BCUT2D eigenvalue weighted by Crippen LogP contribution is 2.24. The van der Waals surface area contributed by atoms with Crippen molar-refractivity contribution >= 4 is 0 Å². The molecule has 1 aromatic heterocycles. The van der Waals surface area contributed by atoms with Crippen LogP contribution in [0.25, 0.3) is 0 Å². The zero-order valence-electron chi connectivity index (χ0n) is 9.45. The van der Waals surface area contributed by atoms with Crippen molar-refractivity contribution in [2.24, 2.45) is 0 Å². The first-order chi connectivity index (χ1) is 8.56. The van der Waals surface area contributed by atoms with Gasteiger partial charge in [0.2, 0.25) is 0 Å². The Labute approximate surface area is 102 Å². The molecule has 0 fully saturated rings. The molecule has 2 rings (SSSR count). The first-order valence-corrected chi connectivity index (χ1v) is 5.45. The average molecular weight is 255 g/mol. The summed E-state index contributed by atoms with van der Waals surface area (Å²) in [5.74, 6) is 0.463. The van der Waals surface area contributed by atoms with Crippen LogP contribution in [0.2, 0.25) is 0 Å². The van der Waals surface area contributed by atoms with E-state index in [-0.39, 0.29) is 0 Å². The molecule has 1 atom stereocenters. The minimum atomic E-state index is -4.25. The number of alkyl halides is 3. The van der Waals surface area contributed by atoms with Crippen LogP contribution in [-0.2, 0) is 0 Å². The van der Waals surface area contributed by atoms with E-state index in [9.17, 15) is 13.2 Å². The Hall–Kier alpha value is -1.75. The van der Waals surface area contributed by atoms with Gasteiger partial charge in [0.1, 0.15) is 5.76 Å². The number of hydrogen-bond donors (Lipinski definition) is 1. The highest BCUT2D eigenvalue weighted by molar-refractivity contribution is 5.26. The predicted molar refractivity (Wildman–Crippen MR) is 61.1 cm³/mol. The van der Waals surface area contributed by atoms with E-state index >= 15 is 0 Å². The maximum Gasteiger partial charge on any atom is 0.401 e. The van der Waals surface area contributed by atoms with Crippen LogP contribution in [-0.4, -0.2) is 12.7 Å². The van der Waals surface area contributed by atoms with E-state index in [1.54, 1.807) is 36.4 Å². The van der Waals surface area contributed by atoms with Crippen LogP contribution in [0.5, 0.6) is 0 Å². The summed E-state index contributed by atoms with van der Waals surface area (Å²) in [6, 6.07) is 11.6. The van der Waals surface area contributed by atoms with Crippen molar-refractivity contribution in [1.82, 2.24) is 5.32 Å². The van der Waals surface area contributed by atoms with E-state index in [2.05, 4.69) is 5.32 Å². The fraction of sp³-hybridized carbons (Fsp3) is 0.231. The summed E-state index contributed by atoms with van der Waals surface area (Å²) in [4.78, 5) is 0. The van der Waals surface area contributed by atoms with Crippen LogP contribution in [0.15, 0.2) is 53.1 Å². The number of halogens is 3. The second kappa shape index (κ2) is 5.27. The van der Waals surface area contributed by atoms with Crippen molar-refractivity contribution < 1.29 is 17.6 Å². The zero-order chi connectivity index (χ0) is 13.0. The van der Waals surface area contributed by atoms with Crippen LogP contribution in [0.1, 0.15) is 17.4 Å². The molecule has 96 valence electrons. The van der Waals surface area contributed by atoms with Crippen molar-refractivity contribution in [3.63, 3.8) is 0 Å². The molecule has 0 aliphatic carbocycles. The number of rotatable bonds is 4. The third-order valence-corrected chi connectivity index (χ3v) is 2.47. The highest BCUT2D eigenvalue weighted by Gasteiger charge is 2.29. The second-order valence-electron chi connectivity index (χ2n) is 3.86. The van der Waals surface area contributed by atoms with E-state index < -0.39 is 18.8 Å².